The van der Waals surface area contributed by atoms with E-state index in [0.717, 1.165) is 37.1 Å². The molecule has 11 nitrogen and oxygen atoms in total. The Balaban J connectivity index is 1.23. The third kappa shape index (κ3) is 9.64. The molecule has 11 heteroatoms. The van der Waals surface area contributed by atoms with Gasteiger partial charge in [-0.3, -0.25) is 9.59 Å². The maximum atomic E-state index is 12.1. The number of hydrogen-bond acceptors (Lipinski definition) is 8. The van der Waals surface area contributed by atoms with Crippen LogP contribution in [0.2, 0.25) is 0 Å². The lowest BCUT2D eigenvalue weighted by atomic mass is 9.77. The zero-order chi connectivity index (χ0) is 30.0. The topological polar surface area (TPSA) is 112 Å². The third-order valence-electron chi connectivity index (χ3n) is 8.75. The number of aromatic nitrogens is 4. The van der Waals surface area contributed by atoms with Gasteiger partial charge in [0.15, 0.2) is 6.61 Å². The van der Waals surface area contributed by atoms with Crippen molar-refractivity contribution in [3.05, 3.63) is 36.4 Å². The highest BCUT2D eigenvalue weighted by molar-refractivity contribution is 5.80. The van der Waals surface area contributed by atoms with Crippen LogP contribution in [0.25, 0.3) is 0 Å². The number of esters is 1. The van der Waals surface area contributed by atoms with E-state index in [4.69, 9.17) is 9.72 Å². The van der Waals surface area contributed by atoms with Crippen LogP contribution >= 0.6 is 0 Å². The smallest absolute Gasteiger partial charge is 0.306 e. The van der Waals surface area contributed by atoms with Gasteiger partial charge in [-0.25, -0.2) is 9.97 Å². The van der Waals surface area contributed by atoms with Gasteiger partial charge < -0.3 is 34.3 Å². The highest BCUT2D eigenvalue weighted by Crippen LogP contribution is 2.40. The van der Waals surface area contributed by atoms with Crippen LogP contribution in [0.1, 0.15) is 70.1 Å². The number of carbonyl (C=O) groups excluding carboxylic acids is 2. The van der Waals surface area contributed by atoms with Crippen molar-refractivity contribution in [1.29, 1.82) is 0 Å². The lowest BCUT2D eigenvalue weighted by Gasteiger charge is -2.40. The third-order valence-corrected chi connectivity index (χ3v) is 8.75. The summed E-state index contributed by atoms with van der Waals surface area (Å²) in [6, 6.07) is -0.0384. The minimum absolute atomic E-state index is 0.0384. The molecule has 1 unspecified atom stereocenters. The number of H-pyrrole nitrogens is 1. The van der Waals surface area contributed by atoms with E-state index in [9.17, 15) is 9.59 Å². The molecule has 1 spiro atoms. The molecule has 0 radical (unpaired) electrons. The van der Waals surface area contributed by atoms with Crippen molar-refractivity contribution < 1.29 is 14.3 Å². The minimum Gasteiger partial charge on any atom is -0.456 e. The van der Waals surface area contributed by atoms with Crippen LogP contribution in [0.15, 0.2) is 24.8 Å². The Morgan fingerprint density at radius 3 is 2.52 bits per heavy atom. The zero-order valence-electron chi connectivity index (χ0n) is 26.2. The molecule has 0 aromatic carbocycles. The van der Waals surface area contributed by atoms with Gasteiger partial charge in [0.1, 0.15) is 11.6 Å². The Morgan fingerprint density at radius 2 is 1.83 bits per heavy atom. The number of rotatable bonds is 16. The Hall–Kier alpha value is -2.76. The summed E-state index contributed by atoms with van der Waals surface area (Å²) in [5.41, 5.74) is 0.528. The van der Waals surface area contributed by atoms with Gasteiger partial charge in [-0.1, -0.05) is 13.8 Å². The first-order chi connectivity index (χ1) is 20.2. The van der Waals surface area contributed by atoms with Gasteiger partial charge >= 0.3 is 5.97 Å². The van der Waals surface area contributed by atoms with Crippen molar-refractivity contribution in [2.24, 2.45) is 11.3 Å². The summed E-state index contributed by atoms with van der Waals surface area (Å²) in [6.07, 6.45) is 14.2. The lowest BCUT2D eigenvalue weighted by molar-refractivity contribution is -0.151. The van der Waals surface area contributed by atoms with Crippen LogP contribution in [0.5, 0.6) is 0 Å². The van der Waals surface area contributed by atoms with Crippen LogP contribution in [-0.4, -0.2) is 113 Å². The van der Waals surface area contributed by atoms with Gasteiger partial charge in [0.25, 0.3) is 5.91 Å². The van der Waals surface area contributed by atoms with Gasteiger partial charge in [0.05, 0.1) is 6.04 Å². The van der Waals surface area contributed by atoms with E-state index in [-0.39, 0.29) is 30.9 Å². The molecule has 2 aliphatic rings. The van der Waals surface area contributed by atoms with Gasteiger partial charge in [0.2, 0.25) is 0 Å². The van der Waals surface area contributed by atoms with Crippen LogP contribution < -0.4 is 5.32 Å². The molecule has 42 heavy (non-hydrogen) atoms. The zero-order valence-corrected chi connectivity index (χ0v) is 26.2. The number of aryl methyl sites for hydroxylation is 1. The number of likely N-dealkylation sites (N-methyl/N-ethyl adjacent to an activating group) is 1. The van der Waals surface area contributed by atoms with Crippen LogP contribution in [0.4, 0.5) is 0 Å². The summed E-state index contributed by atoms with van der Waals surface area (Å²) >= 11 is 0. The normalized spacial score (nSPS) is 18.1. The van der Waals surface area contributed by atoms with E-state index in [1.54, 1.807) is 20.3 Å². The quantitative estimate of drug-likeness (QED) is 0.229. The second-order valence-corrected chi connectivity index (χ2v) is 12.9. The number of aromatic amines is 1. The Bertz CT molecular complexity index is 1090. The molecule has 1 atom stereocenters. The standard InChI is InChI=1S/C31H52N8O3/c1-25(2)22-37-17-8-31(9-18-37)10-19-38(24-31)15-6-16-39-20-14-35-30(39)26(21-27-33-12-13-34-27)32-11-5-7-29(41)42-23-28(40)36(3)4/h12-14,20,25-26,32H,5-11,15-19,21-24H2,1-4H3,(H,33,34). The molecule has 0 saturated carbocycles. The fourth-order valence-electron chi connectivity index (χ4n) is 6.35. The van der Waals surface area contributed by atoms with Crippen LogP contribution in [0.3, 0.4) is 0 Å². The summed E-state index contributed by atoms with van der Waals surface area (Å²) in [4.78, 5) is 42.8. The number of likely N-dealkylation sites (tertiary alicyclic amines) is 2. The Morgan fingerprint density at radius 1 is 1.07 bits per heavy atom. The molecule has 0 aliphatic carbocycles. The highest BCUT2D eigenvalue weighted by Gasteiger charge is 2.40. The second kappa shape index (κ2) is 15.6. The number of imidazole rings is 2. The molecule has 2 aromatic rings. The average Bonchev–Trinajstić information content (AvgIpc) is 3.72. The summed E-state index contributed by atoms with van der Waals surface area (Å²) in [6.45, 7) is 13.3. The molecule has 2 aromatic heterocycles. The van der Waals surface area contributed by atoms with Gasteiger partial charge in [-0.05, 0) is 76.2 Å². The number of nitrogens with one attached hydrogen (secondary N) is 2. The first kappa shape index (κ1) is 32.2. The highest BCUT2D eigenvalue weighted by atomic mass is 16.5. The summed E-state index contributed by atoms with van der Waals surface area (Å²) in [5.74, 6) is 2.04. The number of piperidine rings is 1. The van der Waals surface area contributed by atoms with E-state index in [1.165, 1.54) is 56.9 Å². The largest absolute Gasteiger partial charge is 0.456 e. The van der Waals surface area contributed by atoms with Crippen molar-refractivity contribution in [2.75, 3.05) is 66.5 Å². The van der Waals surface area contributed by atoms with E-state index >= 15 is 0 Å². The minimum atomic E-state index is -0.360. The molecule has 4 rings (SSSR count). The van der Waals surface area contributed by atoms with E-state index < -0.39 is 0 Å². The van der Waals surface area contributed by atoms with Crippen LogP contribution in [0, 0.1) is 11.3 Å². The summed E-state index contributed by atoms with van der Waals surface area (Å²) in [7, 11) is 3.28. The SMILES string of the molecule is CC(C)CN1CCC2(CC1)CCN(CCCn1ccnc1C(Cc1ncc[nH]1)NCCCC(=O)OCC(=O)N(C)C)C2. The van der Waals surface area contributed by atoms with Crippen molar-refractivity contribution in [2.45, 2.75) is 71.4 Å². The Kier molecular flexibility index (Phi) is 12.0. The van der Waals surface area contributed by atoms with Crippen molar-refractivity contribution in [3.63, 3.8) is 0 Å². The van der Waals surface area contributed by atoms with Gasteiger partial charge in [-0.2, -0.15) is 0 Å². The molecular formula is C31H52N8O3. The maximum Gasteiger partial charge on any atom is 0.306 e. The predicted octanol–water partition coefficient (Wildman–Crippen LogP) is 2.73. The number of amides is 1. The molecular weight excluding hydrogens is 532 g/mol. The lowest BCUT2D eigenvalue weighted by Crippen LogP contribution is -2.42. The molecule has 234 valence electrons. The average molecular weight is 585 g/mol. The molecule has 1 amide bonds. The number of ether oxygens (including phenoxy) is 1. The molecule has 2 fully saturated rings. The first-order valence-corrected chi connectivity index (χ1v) is 15.8. The molecule has 2 N–H and O–H groups in total. The molecule has 4 heterocycles. The molecule has 2 aliphatic heterocycles. The van der Waals surface area contributed by atoms with Crippen molar-refractivity contribution in [3.8, 4) is 0 Å². The van der Waals surface area contributed by atoms with Crippen LogP contribution in [-0.2, 0) is 27.3 Å². The fraction of sp³-hybridized carbons (Fsp3) is 0.742. The van der Waals surface area contributed by atoms with Crippen molar-refractivity contribution >= 4 is 11.9 Å². The fourth-order valence-corrected chi connectivity index (χ4v) is 6.35. The van der Waals surface area contributed by atoms with Crippen molar-refractivity contribution in [1.82, 2.24) is 39.5 Å². The molecule has 0 bridgehead atoms. The van der Waals surface area contributed by atoms with E-state index in [2.05, 4.69) is 49.7 Å². The number of carbonyl (C=O) groups is 2. The Labute approximate surface area is 251 Å². The van der Waals surface area contributed by atoms with E-state index in [1.807, 2.05) is 12.4 Å². The summed E-state index contributed by atoms with van der Waals surface area (Å²) < 4.78 is 7.36. The first-order valence-electron chi connectivity index (χ1n) is 15.8. The second-order valence-electron chi connectivity index (χ2n) is 12.9. The number of hydrogen-bond donors (Lipinski definition) is 2. The van der Waals surface area contributed by atoms with Gasteiger partial charge in [0, 0.05) is 71.4 Å². The van der Waals surface area contributed by atoms with Gasteiger partial charge in [-0.15, -0.1) is 0 Å². The van der Waals surface area contributed by atoms with E-state index in [0.29, 0.717) is 24.8 Å². The maximum absolute atomic E-state index is 12.1. The summed E-state index contributed by atoms with van der Waals surface area (Å²) in [5, 5.41) is 3.58. The number of nitrogens with zero attached hydrogens (tertiary/aromatic N) is 6. The molecule has 2 saturated heterocycles. The predicted molar refractivity (Wildman–Crippen MR) is 163 cm³/mol. The monoisotopic (exact) mass is 584 g/mol.